The van der Waals surface area contributed by atoms with Crippen LogP contribution in [-0.4, -0.2) is 32.4 Å². The Labute approximate surface area is 127 Å². The van der Waals surface area contributed by atoms with Gasteiger partial charge in [0.1, 0.15) is 4.90 Å². The van der Waals surface area contributed by atoms with Gasteiger partial charge in [-0.3, -0.25) is 0 Å². The van der Waals surface area contributed by atoms with Crippen LogP contribution < -0.4 is 5.32 Å². The lowest BCUT2D eigenvalue weighted by Crippen LogP contribution is -2.32. The minimum Gasteiger partial charge on any atom is -0.313 e. The molecule has 4 nitrogen and oxygen atoms in total. The molecule has 1 aromatic rings. The fourth-order valence-corrected chi connectivity index (χ4v) is 4.03. The van der Waals surface area contributed by atoms with Crippen LogP contribution in [0, 0.1) is 0 Å². The first-order chi connectivity index (χ1) is 9.47. The molecule has 0 saturated carbocycles. The molecule has 0 heterocycles. The third-order valence-corrected chi connectivity index (χ3v) is 5.47. The summed E-state index contributed by atoms with van der Waals surface area (Å²) in [5.74, 6) is 0. The fraction of sp³-hybridized carbons (Fsp3) is 0.571. The van der Waals surface area contributed by atoms with Crippen molar-refractivity contribution in [2.75, 3.05) is 19.6 Å². The molecule has 1 rings (SSSR count). The van der Waals surface area contributed by atoms with Crippen LogP contribution in [0.3, 0.4) is 0 Å². The second-order valence-electron chi connectivity index (χ2n) is 4.54. The molecule has 1 N–H and O–H groups in total. The van der Waals surface area contributed by atoms with Gasteiger partial charge in [-0.05, 0) is 30.7 Å². The molecule has 0 fully saturated rings. The van der Waals surface area contributed by atoms with E-state index in [1.165, 1.54) is 4.31 Å². The van der Waals surface area contributed by atoms with Crippen molar-refractivity contribution in [2.24, 2.45) is 0 Å². The van der Waals surface area contributed by atoms with E-state index in [0.717, 1.165) is 18.5 Å². The van der Waals surface area contributed by atoms with Crippen molar-refractivity contribution in [1.29, 1.82) is 0 Å². The van der Waals surface area contributed by atoms with Gasteiger partial charge in [-0.2, -0.15) is 4.31 Å². The molecule has 0 aliphatic rings. The van der Waals surface area contributed by atoms with Gasteiger partial charge in [-0.1, -0.05) is 38.4 Å². The maximum Gasteiger partial charge on any atom is 0.244 e. The third kappa shape index (κ3) is 4.19. The van der Waals surface area contributed by atoms with E-state index >= 15 is 0 Å². The Morgan fingerprint density at radius 2 is 1.95 bits per heavy atom. The van der Waals surface area contributed by atoms with Crippen molar-refractivity contribution in [3.05, 3.63) is 28.8 Å². The number of rotatable bonds is 8. The third-order valence-electron chi connectivity index (χ3n) is 3.02. The number of nitrogens with one attached hydrogen (secondary N) is 1. The summed E-state index contributed by atoms with van der Waals surface area (Å²) in [6.07, 6.45) is 0.780. The molecule has 0 atom stereocenters. The predicted molar refractivity (Wildman–Crippen MR) is 83.6 cm³/mol. The average molecular weight is 319 g/mol. The molecule has 114 valence electrons. The van der Waals surface area contributed by atoms with Gasteiger partial charge >= 0.3 is 0 Å². The Morgan fingerprint density at radius 3 is 2.50 bits per heavy atom. The van der Waals surface area contributed by atoms with Crippen molar-refractivity contribution in [3.8, 4) is 0 Å². The first-order valence-electron chi connectivity index (χ1n) is 6.96. The molecule has 0 bridgehead atoms. The van der Waals surface area contributed by atoms with Crippen LogP contribution in [-0.2, 0) is 16.6 Å². The van der Waals surface area contributed by atoms with Crippen LogP contribution in [0.15, 0.2) is 23.1 Å². The van der Waals surface area contributed by atoms with E-state index in [9.17, 15) is 8.42 Å². The SMILES string of the molecule is CCCN(CC)S(=O)(=O)c1cc(CNCC)ccc1Cl. The van der Waals surface area contributed by atoms with Gasteiger partial charge in [-0.15, -0.1) is 0 Å². The number of benzene rings is 1. The van der Waals surface area contributed by atoms with Crippen LogP contribution in [0.1, 0.15) is 32.8 Å². The smallest absolute Gasteiger partial charge is 0.244 e. The summed E-state index contributed by atoms with van der Waals surface area (Å²) in [4.78, 5) is 0.199. The van der Waals surface area contributed by atoms with Crippen LogP contribution in [0.25, 0.3) is 0 Å². The molecule has 0 spiro atoms. The van der Waals surface area contributed by atoms with Gasteiger partial charge < -0.3 is 5.32 Å². The normalized spacial score (nSPS) is 12.1. The van der Waals surface area contributed by atoms with Crippen LogP contribution in [0.5, 0.6) is 0 Å². The Morgan fingerprint density at radius 1 is 1.25 bits per heavy atom. The van der Waals surface area contributed by atoms with Crippen LogP contribution >= 0.6 is 11.6 Å². The molecule has 0 unspecified atom stereocenters. The van der Waals surface area contributed by atoms with Crippen molar-refractivity contribution in [3.63, 3.8) is 0 Å². The Bertz CT molecular complexity index is 532. The van der Waals surface area contributed by atoms with E-state index in [4.69, 9.17) is 11.6 Å². The molecule has 0 amide bonds. The van der Waals surface area contributed by atoms with Gasteiger partial charge in [0.2, 0.25) is 10.0 Å². The first-order valence-corrected chi connectivity index (χ1v) is 8.78. The molecule has 1 aromatic carbocycles. The minimum atomic E-state index is -3.52. The van der Waals surface area contributed by atoms with E-state index < -0.39 is 10.0 Å². The lowest BCUT2D eigenvalue weighted by atomic mass is 10.2. The van der Waals surface area contributed by atoms with Crippen molar-refractivity contribution in [1.82, 2.24) is 9.62 Å². The number of hydrogen-bond acceptors (Lipinski definition) is 3. The number of halogens is 1. The highest BCUT2D eigenvalue weighted by molar-refractivity contribution is 7.89. The highest BCUT2D eigenvalue weighted by Crippen LogP contribution is 2.26. The molecule has 0 aromatic heterocycles. The molecule has 0 aliphatic carbocycles. The number of hydrogen-bond donors (Lipinski definition) is 1. The maximum atomic E-state index is 12.6. The summed E-state index contributed by atoms with van der Waals surface area (Å²) < 4.78 is 26.7. The van der Waals surface area contributed by atoms with Gasteiger partial charge in [0.25, 0.3) is 0 Å². The van der Waals surface area contributed by atoms with E-state index in [1.54, 1.807) is 12.1 Å². The molecule has 0 aliphatic heterocycles. The largest absolute Gasteiger partial charge is 0.313 e. The highest BCUT2D eigenvalue weighted by atomic mass is 35.5. The summed E-state index contributed by atoms with van der Waals surface area (Å²) in [6.45, 7) is 8.23. The molecule has 20 heavy (non-hydrogen) atoms. The standard InChI is InChI=1S/C14H23ClN2O2S/c1-4-9-17(6-3)20(18,19)14-10-12(11-16-5-2)7-8-13(14)15/h7-8,10,16H,4-6,9,11H2,1-3H3. The zero-order chi connectivity index (χ0) is 15.2. The zero-order valence-corrected chi connectivity index (χ0v) is 13.9. The fourth-order valence-electron chi connectivity index (χ4n) is 1.96. The molecule has 0 saturated heterocycles. The summed E-state index contributed by atoms with van der Waals surface area (Å²) >= 11 is 6.09. The van der Waals surface area contributed by atoms with Crippen molar-refractivity contribution < 1.29 is 8.42 Å². The summed E-state index contributed by atoms with van der Waals surface area (Å²) in [5.41, 5.74) is 0.919. The predicted octanol–water partition coefficient (Wildman–Crippen LogP) is 2.87. The summed E-state index contributed by atoms with van der Waals surface area (Å²) in [5, 5.41) is 3.46. The van der Waals surface area contributed by atoms with E-state index in [-0.39, 0.29) is 9.92 Å². The van der Waals surface area contributed by atoms with Crippen molar-refractivity contribution in [2.45, 2.75) is 38.6 Å². The average Bonchev–Trinajstić information content (AvgIpc) is 2.43. The van der Waals surface area contributed by atoms with Gasteiger partial charge in [-0.25, -0.2) is 8.42 Å². The Hall–Kier alpha value is -0.620. The van der Waals surface area contributed by atoms with Crippen LogP contribution in [0.2, 0.25) is 5.02 Å². The highest BCUT2D eigenvalue weighted by Gasteiger charge is 2.25. The van der Waals surface area contributed by atoms with Crippen molar-refractivity contribution >= 4 is 21.6 Å². The van der Waals surface area contributed by atoms with E-state index in [0.29, 0.717) is 19.6 Å². The van der Waals surface area contributed by atoms with Gasteiger partial charge in [0.15, 0.2) is 0 Å². The summed E-state index contributed by atoms with van der Waals surface area (Å²) in [6, 6.07) is 5.17. The quantitative estimate of drug-likeness (QED) is 0.802. The molecule has 0 radical (unpaired) electrons. The molecular weight excluding hydrogens is 296 g/mol. The Balaban J connectivity index is 3.15. The second kappa shape index (κ2) is 7.98. The van der Waals surface area contributed by atoms with Gasteiger partial charge in [0, 0.05) is 19.6 Å². The topological polar surface area (TPSA) is 49.4 Å². The molecule has 6 heteroatoms. The molecular formula is C14H23ClN2O2S. The van der Waals surface area contributed by atoms with E-state index in [1.807, 2.05) is 26.8 Å². The minimum absolute atomic E-state index is 0.199. The lowest BCUT2D eigenvalue weighted by Gasteiger charge is -2.21. The summed E-state index contributed by atoms with van der Waals surface area (Å²) in [7, 11) is -3.52. The number of sulfonamides is 1. The van der Waals surface area contributed by atoms with Crippen LogP contribution in [0.4, 0.5) is 0 Å². The van der Waals surface area contributed by atoms with E-state index in [2.05, 4.69) is 5.32 Å². The Kier molecular flexibility index (Phi) is 6.95. The van der Waals surface area contributed by atoms with Gasteiger partial charge in [0.05, 0.1) is 5.02 Å². The zero-order valence-electron chi connectivity index (χ0n) is 12.3. The first kappa shape index (κ1) is 17.4. The number of nitrogens with zero attached hydrogens (tertiary/aromatic N) is 1. The monoisotopic (exact) mass is 318 g/mol. The second-order valence-corrected chi connectivity index (χ2v) is 6.86. The lowest BCUT2D eigenvalue weighted by molar-refractivity contribution is 0.427. The maximum absolute atomic E-state index is 12.6.